The molecule has 0 radical (unpaired) electrons. The lowest BCUT2D eigenvalue weighted by Gasteiger charge is -2.17. The van der Waals surface area contributed by atoms with E-state index in [2.05, 4.69) is 6.92 Å². The predicted molar refractivity (Wildman–Crippen MR) is 61.9 cm³/mol. The van der Waals surface area contributed by atoms with Crippen molar-refractivity contribution >= 4 is 0 Å². The van der Waals surface area contributed by atoms with E-state index < -0.39 is 0 Å². The fourth-order valence-electron chi connectivity index (χ4n) is 1.88. The maximum atomic E-state index is 6.01. The highest BCUT2D eigenvalue weighted by molar-refractivity contribution is 4.75. The predicted octanol–water partition coefficient (Wildman–Crippen LogP) is 1.95. The molecule has 1 aliphatic heterocycles. The Morgan fingerprint density at radius 2 is 2.27 bits per heavy atom. The first-order chi connectivity index (χ1) is 7.34. The van der Waals surface area contributed by atoms with E-state index in [-0.39, 0.29) is 6.04 Å². The van der Waals surface area contributed by atoms with Crippen LogP contribution in [0.5, 0.6) is 0 Å². The first-order valence-corrected chi connectivity index (χ1v) is 6.25. The van der Waals surface area contributed by atoms with Crippen LogP contribution in [-0.4, -0.2) is 32.5 Å². The van der Waals surface area contributed by atoms with Crippen LogP contribution in [0.3, 0.4) is 0 Å². The van der Waals surface area contributed by atoms with E-state index >= 15 is 0 Å². The zero-order valence-corrected chi connectivity index (χ0v) is 9.91. The number of hydrogen-bond acceptors (Lipinski definition) is 3. The van der Waals surface area contributed by atoms with Gasteiger partial charge in [0.05, 0.1) is 13.2 Å². The van der Waals surface area contributed by atoms with Crippen molar-refractivity contribution in [2.75, 3.05) is 26.4 Å². The Morgan fingerprint density at radius 1 is 1.40 bits per heavy atom. The molecule has 3 heteroatoms. The maximum absolute atomic E-state index is 6.01. The van der Waals surface area contributed by atoms with Gasteiger partial charge in [0.15, 0.2) is 0 Å². The molecule has 2 atom stereocenters. The van der Waals surface area contributed by atoms with Gasteiger partial charge in [-0.2, -0.15) is 0 Å². The smallest absolute Gasteiger partial charge is 0.0621 e. The van der Waals surface area contributed by atoms with E-state index in [4.69, 9.17) is 15.2 Å². The van der Waals surface area contributed by atoms with E-state index in [9.17, 15) is 0 Å². The van der Waals surface area contributed by atoms with Crippen LogP contribution >= 0.6 is 0 Å². The first-order valence-electron chi connectivity index (χ1n) is 6.25. The quantitative estimate of drug-likeness (QED) is 0.629. The molecule has 90 valence electrons. The van der Waals surface area contributed by atoms with E-state index in [1.54, 1.807) is 0 Å². The summed E-state index contributed by atoms with van der Waals surface area (Å²) in [5, 5.41) is 0. The zero-order valence-electron chi connectivity index (χ0n) is 9.91. The van der Waals surface area contributed by atoms with Crippen molar-refractivity contribution in [3.8, 4) is 0 Å². The average Bonchev–Trinajstić information content (AvgIpc) is 2.76. The van der Waals surface area contributed by atoms with Crippen molar-refractivity contribution in [2.24, 2.45) is 11.7 Å². The van der Waals surface area contributed by atoms with Crippen LogP contribution in [0, 0.1) is 5.92 Å². The van der Waals surface area contributed by atoms with Crippen LogP contribution in [0.2, 0.25) is 0 Å². The summed E-state index contributed by atoms with van der Waals surface area (Å²) >= 11 is 0. The summed E-state index contributed by atoms with van der Waals surface area (Å²) in [6.07, 6.45) is 6.13. The zero-order chi connectivity index (χ0) is 10.9. The second-order valence-electron chi connectivity index (χ2n) is 4.42. The molecular formula is C12H25NO2. The normalized spacial score (nSPS) is 23.2. The second-order valence-corrected chi connectivity index (χ2v) is 4.42. The van der Waals surface area contributed by atoms with Crippen molar-refractivity contribution < 1.29 is 9.47 Å². The standard InChI is InChI=1S/C12H25NO2/c1-2-3-4-5-7-14-10-12(13)11-6-8-15-9-11/h11-12H,2-10,13H2,1H3. The van der Waals surface area contributed by atoms with Crippen molar-refractivity contribution in [3.05, 3.63) is 0 Å². The second kappa shape index (κ2) is 8.08. The lowest BCUT2D eigenvalue weighted by atomic mass is 10.0. The topological polar surface area (TPSA) is 44.5 Å². The molecule has 0 spiro atoms. The van der Waals surface area contributed by atoms with Crippen LogP contribution < -0.4 is 5.73 Å². The minimum Gasteiger partial charge on any atom is -0.381 e. The fourth-order valence-corrected chi connectivity index (χ4v) is 1.88. The van der Waals surface area contributed by atoms with E-state index in [1.807, 2.05) is 0 Å². The van der Waals surface area contributed by atoms with Crippen LogP contribution in [0.15, 0.2) is 0 Å². The first kappa shape index (κ1) is 12.9. The van der Waals surface area contributed by atoms with Gasteiger partial charge in [0.25, 0.3) is 0 Å². The van der Waals surface area contributed by atoms with Gasteiger partial charge in [-0.3, -0.25) is 0 Å². The molecule has 0 saturated carbocycles. The van der Waals surface area contributed by atoms with Gasteiger partial charge in [0.2, 0.25) is 0 Å². The highest BCUT2D eigenvalue weighted by Crippen LogP contribution is 2.15. The third-order valence-corrected chi connectivity index (χ3v) is 3.02. The molecule has 0 aromatic rings. The molecule has 0 aromatic heterocycles. The van der Waals surface area contributed by atoms with Crippen LogP contribution in [0.1, 0.15) is 39.0 Å². The molecule has 1 rings (SSSR count). The van der Waals surface area contributed by atoms with Gasteiger partial charge in [-0.25, -0.2) is 0 Å². The van der Waals surface area contributed by atoms with E-state index in [0.717, 1.165) is 26.2 Å². The van der Waals surface area contributed by atoms with Gasteiger partial charge < -0.3 is 15.2 Å². The molecule has 3 nitrogen and oxygen atoms in total. The molecule has 0 bridgehead atoms. The summed E-state index contributed by atoms with van der Waals surface area (Å²) in [5.41, 5.74) is 6.01. The molecular weight excluding hydrogens is 190 g/mol. The Bertz CT molecular complexity index is 147. The summed E-state index contributed by atoms with van der Waals surface area (Å²) in [6.45, 7) is 5.47. The lowest BCUT2D eigenvalue weighted by molar-refractivity contribution is 0.0965. The van der Waals surface area contributed by atoms with Gasteiger partial charge in [-0.05, 0) is 12.8 Å². The summed E-state index contributed by atoms with van der Waals surface area (Å²) in [7, 11) is 0. The molecule has 15 heavy (non-hydrogen) atoms. The van der Waals surface area contributed by atoms with Gasteiger partial charge in [-0.15, -0.1) is 0 Å². The molecule has 0 amide bonds. The SMILES string of the molecule is CCCCCCOCC(N)C1CCOC1. The maximum Gasteiger partial charge on any atom is 0.0621 e. The molecule has 1 fully saturated rings. The number of unbranched alkanes of at least 4 members (excludes halogenated alkanes) is 3. The van der Waals surface area contributed by atoms with E-state index in [1.165, 1.54) is 25.7 Å². The van der Waals surface area contributed by atoms with Crippen LogP contribution in [0.25, 0.3) is 0 Å². The summed E-state index contributed by atoms with van der Waals surface area (Å²) < 4.78 is 10.9. The Labute approximate surface area is 93.3 Å². The third kappa shape index (κ3) is 5.50. The molecule has 0 aromatic carbocycles. The molecule has 1 saturated heterocycles. The molecule has 1 aliphatic rings. The minimum atomic E-state index is 0.165. The van der Waals surface area contributed by atoms with Crippen molar-refractivity contribution in [3.63, 3.8) is 0 Å². The van der Waals surface area contributed by atoms with Gasteiger partial charge >= 0.3 is 0 Å². The fraction of sp³-hybridized carbons (Fsp3) is 1.00. The van der Waals surface area contributed by atoms with Crippen molar-refractivity contribution in [1.82, 2.24) is 0 Å². The average molecular weight is 215 g/mol. The third-order valence-electron chi connectivity index (χ3n) is 3.02. The van der Waals surface area contributed by atoms with Gasteiger partial charge in [0, 0.05) is 25.2 Å². The number of nitrogens with two attached hydrogens (primary N) is 1. The number of hydrogen-bond donors (Lipinski definition) is 1. The van der Waals surface area contributed by atoms with E-state index in [0.29, 0.717) is 12.5 Å². The van der Waals surface area contributed by atoms with Crippen molar-refractivity contribution in [1.29, 1.82) is 0 Å². The summed E-state index contributed by atoms with van der Waals surface area (Å²) in [6, 6.07) is 0.165. The molecule has 0 aliphatic carbocycles. The monoisotopic (exact) mass is 215 g/mol. The Kier molecular flexibility index (Phi) is 6.98. The Hall–Kier alpha value is -0.120. The largest absolute Gasteiger partial charge is 0.381 e. The highest BCUT2D eigenvalue weighted by Gasteiger charge is 2.22. The lowest BCUT2D eigenvalue weighted by Crippen LogP contribution is -2.35. The molecule has 2 unspecified atom stereocenters. The molecule has 1 heterocycles. The number of rotatable bonds is 8. The minimum absolute atomic E-state index is 0.165. The Balaban J connectivity index is 1.90. The van der Waals surface area contributed by atoms with Gasteiger partial charge in [0.1, 0.15) is 0 Å². The number of ether oxygens (including phenoxy) is 2. The summed E-state index contributed by atoms with van der Waals surface area (Å²) in [5.74, 6) is 0.514. The van der Waals surface area contributed by atoms with Crippen LogP contribution in [0.4, 0.5) is 0 Å². The molecule has 2 N–H and O–H groups in total. The summed E-state index contributed by atoms with van der Waals surface area (Å²) in [4.78, 5) is 0. The Morgan fingerprint density at radius 3 is 2.93 bits per heavy atom. The van der Waals surface area contributed by atoms with Crippen molar-refractivity contribution in [2.45, 2.75) is 45.1 Å². The van der Waals surface area contributed by atoms with Gasteiger partial charge in [-0.1, -0.05) is 26.2 Å². The van der Waals surface area contributed by atoms with Crippen LogP contribution in [-0.2, 0) is 9.47 Å². The highest BCUT2D eigenvalue weighted by atomic mass is 16.5.